The smallest absolute Gasteiger partial charge is 0.237 e. The molecule has 5 nitrogen and oxygen atoms in total. The lowest BCUT2D eigenvalue weighted by Crippen LogP contribution is -2.23. The van der Waals surface area contributed by atoms with Gasteiger partial charge in [0.05, 0.1) is 5.25 Å². The van der Waals surface area contributed by atoms with Crippen LogP contribution in [0.25, 0.3) is 0 Å². The summed E-state index contributed by atoms with van der Waals surface area (Å²) in [6.45, 7) is 3.49. The number of hydrogen-bond donors (Lipinski definition) is 1. The Balaban J connectivity index is 1.64. The standard InChI is InChI=1S/C16H19FN4OS/c1-9-4-7-12(8-13(9)17)18-15(22)10(2)23-16-20-19-14(21(16)3)11-5-6-11/h4,7-8,10-11H,5-6H2,1-3H3,(H,18,22)/t10-/m0/s1. The van der Waals surface area contributed by atoms with Crippen LogP contribution in [0.2, 0.25) is 0 Å². The SMILES string of the molecule is Cc1ccc(NC(=O)[C@H](C)Sc2nnc(C3CC3)n2C)cc1F. The van der Waals surface area contributed by atoms with Gasteiger partial charge in [-0.1, -0.05) is 17.8 Å². The first-order valence-electron chi connectivity index (χ1n) is 7.58. The van der Waals surface area contributed by atoms with Gasteiger partial charge >= 0.3 is 0 Å². The Morgan fingerprint density at radius 1 is 1.43 bits per heavy atom. The fraction of sp³-hybridized carbons (Fsp3) is 0.438. The maximum Gasteiger partial charge on any atom is 0.237 e. The molecule has 1 atom stereocenters. The second-order valence-corrected chi connectivity index (χ2v) is 7.20. The van der Waals surface area contributed by atoms with E-state index in [1.165, 1.54) is 17.8 Å². The second-order valence-electron chi connectivity index (χ2n) is 5.89. The number of rotatable bonds is 5. The largest absolute Gasteiger partial charge is 0.325 e. The van der Waals surface area contributed by atoms with Crippen molar-refractivity contribution < 1.29 is 9.18 Å². The van der Waals surface area contributed by atoms with E-state index in [9.17, 15) is 9.18 Å². The number of thioether (sulfide) groups is 1. The average molecular weight is 334 g/mol. The Kier molecular flexibility index (Phi) is 4.39. The van der Waals surface area contributed by atoms with Crippen molar-refractivity contribution in [2.24, 2.45) is 7.05 Å². The molecule has 1 aromatic heterocycles. The summed E-state index contributed by atoms with van der Waals surface area (Å²) in [5, 5.41) is 11.5. The Morgan fingerprint density at radius 2 is 2.17 bits per heavy atom. The summed E-state index contributed by atoms with van der Waals surface area (Å²) in [6.07, 6.45) is 2.32. The number of aromatic nitrogens is 3. The van der Waals surface area contributed by atoms with E-state index < -0.39 is 0 Å². The molecule has 0 radical (unpaired) electrons. The van der Waals surface area contributed by atoms with Gasteiger partial charge in [-0.05, 0) is 44.4 Å². The van der Waals surface area contributed by atoms with Crippen molar-refractivity contribution in [1.29, 1.82) is 0 Å². The predicted octanol–water partition coefficient (Wildman–Crippen LogP) is 3.26. The monoisotopic (exact) mass is 334 g/mol. The third kappa shape index (κ3) is 3.55. The van der Waals surface area contributed by atoms with Crippen LogP contribution in [0.4, 0.5) is 10.1 Å². The zero-order valence-electron chi connectivity index (χ0n) is 13.3. The molecule has 1 amide bonds. The summed E-state index contributed by atoms with van der Waals surface area (Å²) in [5.41, 5.74) is 1.01. The van der Waals surface area contributed by atoms with E-state index in [2.05, 4.69) is 15.5 Å². The number of halogens is 1. The molecule has 0 unspecified atom stereocenters. The molecule has 2 aromatic rings. The predicted molar refractivity (Wildman–Crippen MR) is 88.1 cm³/mol. The van der Waals surface area contributed by atoms with Crippen molar-refractivity contribution in [3.63, 3.8) is 0 Å². The van der Waals surface area contributed by atoms with E-state index in [1.54, 1.807) is 26.0 Å². The number of nitrogens with one attached hydrogen (secondary N) is 1. The molecule has 0 bridgehead atoms. The van der Waals surface area contributed by atoms with Crippen LogP contribution in [-0.4, -0.2) is 25.9 Å². The molecule has 3 rings (SSSR count). The van der Waals surface area contributed by atoms with Gasteiger partial charge < -0.3 is 9.88 Å². The van der Waals surface area contributed by atoms with Crippen molar-refractivity contribution in [3.05, 3.63) is 35.4 Å². The first-order valence-corrected chi connectivity index (χ1v) is 8.46. The molecule has 1 aromatic carbocycles. The van der Waals surface area contributed by atoms with Crippen LogP contribution >= 0.6 is 11.8 Å². The molecule has 0 aliphatic heterocycles. The zero-order chi connectivity index (χ0) is 16.6. The highest BCUT2D eigenvalue weighted by Gasteiger charge is 2.30. The first kappa shape index (κ1) is 16.0. The molecule has 1 N–H and O–H groups in total. The van der Waals surface area contributed by atoms with E-state index in [1.807, 2.05) is 11.6 Å². The van der Waals surface area contributed by atoms with Gasteiger partial charge in [0.2, 0.25) is 5.91 Å². The van der Waals surface area contributed by atoms with Crippen LogP contribution in [0, 0.1) is 12.7 Å². The summed E-state index contributed by atoms with van der Waals surface area (Å²) in [5.74, 6) is 0.988. The molecule has 0 spiro atoms. The fourth-order valence-electron chi connectivity index (χ4n) is 2.25. The normalized spacial score (nSPS) is 15.5. The number of anilines is 1. The average Bonchev–Trinajstić information content (AvgIpc) is 3.29. The lowest BCUT2D eigenvalue weighted by Gasteiger charge is -2.12. The van der Waals surface area contributed by atoms with Gasteiger partial charge in [0.25, 0.3) is 0 Å². The molecule has 1 aliphatic carbocycles. The van der Waals surface area contributed by atoms with Gasteiger partial charge in [-0.2, -0.15) is 0 Å². The third-order valence-electron chi connectivity index (χ3n) is 3.90. The lowest BCUT2D eigenvalue weighted by atomic mass is 10.2. The minimum atomic E-state index is -0.352. The Labute approximate surface area is 138 Å². The van der Waals surface area contributed by atoms with Gasteiger partial charge in [0, 0.05) is 18.7 Å². The molecule has 1 saturated carbocycles. The summed E-state index contributed by atoms with van der Waals surface area (Å²) < 4.78 is 15.5. The van der Waals surface area contributed by atoms with E-state index in [0.717, 1.165) is 23.8 Å². The molecule has 23 heavy (non-hydrogen) atoms. The fourth-order valence-corrected chi connectivity index (χ4v) is 3.07. The zero-order valence-corrected chi connectivity index (χ0v) is 14.2. The number of nitrogens with zero attached hydrogens (tertiary/aromatic N) is 3. The van der Waals surface area contributed by atoms with Crippen LogP contribution in [0.3, 0.4) is 0 Å². The number of hydrogen-bond acceptors (Lipinski definition) is 4. The summed E-state index contributed by atoms with van der Waals surface area (Å²) in [7, 11) is 1.93. The van der Waals surface area contributed by atoms with Gasteiger partial charge in [0.1, 0.15) is 11.6 Å². The molecule has 0 saturated heterocycles. The first-order chi connectivity index (χ1) is 11.0. The number of carbonyl (C=O) groups is 1. The third-order valence-corrected chi connectivity index (χ3v) is 5.04. The molecule has 1 heterocycles. The van der Waals surface area contributed by atoms with Crippen LogP contribution in [0.1, 0.15) is 37.1 Å². The lowest BCUT2D eigenvalue weighted by molar-refractivity contribution is -0.115. The highest BCUT2D eigenvalue weighted by Crippen LogP contribution is 2.39. The van der Waals surface area contributed by atoms with Gasteiger partial charge in [-0.3, -0.25) is 4.79 Å². The van der Waals surface area contributed by atoms with E-state index in [0.29, 0.717) is 17.2 Å². The molecular formula is C16H19FN4OS. The summed E-state index contributed by atoms with van der Waals surface area (Å²) in [4.78, 5) is 12.3. The van der Waals surface area contributed by atoms with Crippen LogP contribution in [0.5, 0.6) is 0 Å². The van der Waals surface area contributed by atoms with Crippen LogP contribution in [0.15, 0.2) is 23.4 Å². The highest BCUT2D eigenvalue weighted by atomic mass is 32.2. The Hall–Kier alpha value is -1.89. The molecule has 1 fully saturated rings. The maximum absolute atomic E-state index is 13.5. The van der Waals surface area contributed by atoms with Crippen molar-refractivity contribution in [2.75, 3.05) is 5.32 Å². The Morgan fingerprint density at radius 3 is 2.83 bits per heavy atom. The number of aryl methyl sites for hydroxylation is 1. The number of benzene rings is 1. The minimum Gasteiger partial charge on any atom is -0.325 e. The van der Waals surface area contributed by atoms with Crippen molar-refractivity contribution >= 4 is 23.4 Å². The van der Waals surface area contributed by atoms with E-state index in [4.69, 9.17) is 0 Å². The summed E-state index contributed by atoms with van der Waals surface area (Å²) in [6, 6.07) is 4.67. The molecular weight excluding hydrogens is 315 g/mol. The molecule has 7 heteroatoms. The van der Waals surface area contributed by atoms with Crippen LogP contribution < -0.4 is 5.32 Å². The van der Waals surface area contributed by atoms with Crippen molar-refractivity contribution in [2.45, 2.75) is 43.0 Å². The topological polar surface area (TPSA) is 59.8 Å². The van der Waals surface area contributed by atoms with Gasteiger partial charge in [-0.25, -0.2) is 4.39 Å². The summed E-state index contributed by atoms with van der Waals surface area (Å²) >= 11 is 1.35. The quantitative estimate of drug-likeness (QED) is 0.853. The van der Waals surface area contributed by atoms with E-state index >= 15 is 0 Å². The number of amides is 1. The van der Waals surface area contributed by atoms with Crippen molar-refractivity contribution in [1.82, 2.24) is 14.8 Å². The maximum atomic E-state index is 13.5. The highest BCUT2D eigenvalue weighted by molar-refractivity contribution is 8.00. The molecule has 1 aliphatic rings. The number of carbonyl (C=O) groups excluding carboxylic acids is 1. The van der Waals surface area contributed by atoms with Gasteiger partial charge in [0.15, 0.2) is 5.16 Å². The van der Waals surface area contributed by atoms with Crippen LogP contribution in [-0.2, 0) is 11.8 Å². The van der Waals surface area contributed by atoms with Crippen molar-refractivity contribution in [3.8, 4) is 0 Å². The van der Waals surface area contributed by atoms with Gasteiger partial charge in [-0.15, -0.1) is 10.2 Å². The minimum absolute atomic E-state index is 0.186. The van der Waals surface area contributed by atoms with E-state index in [-0.39, 0.29) is 17.0 Å². The Bertz CT molecular complexity index is 742. The second kappa shape index (κ2) is 6.31. The molecule has 122 valence electrons.